The SMILES string of the molecule is CC(C)(C)OC(=O)[C@@H]1CC(=O)C[C@H](c2ccccc2)N1C(=O)OC(C)(C)C. The number of piperidine rings is 1. The Balaban J connectivity index is 2.43. The van der Waals surface area contributed by atoms with Gasteiger partial charge in [-0.2, -0.15) is 0 Å². The van der Waals surface area contributed by atoms with Gasteiger partial charge in [-0.1, -0.05) is 30.3 Å². The van der Waals surface area contributed by atoms with E-state index in [1.54, 1.807) is 41.5 Å². The number of carbonyl (C=O) groups excluding carboxylic acids is 3. The van der Waals surface area contributed by atoms with Crippen molar-refractivity contribution in [3.63, 3.8) is 0 Å². The third-order valence-electron chi connectivity index (χ3n) is 3.98. The number of amides is 1. The van der Waals surface area contributed by atoms with Crippen molar-refractivity contribution < 1.29 is 23.9 Å². The number of ether oxygens (including phenoxy) is 2. The zero-order chi connectivity index (χ0) is 20.4. The first-order valence-corrected chi connectivity index (χ1v) is 9.18. The fraction of sp³-hybridized carbons (Fsp3) is 0.571. The molecular weight excluding hydrogens is 346 g/mol. The van der Waals surface area contributed by atoms with Gasteiger partial charge in [0.1, 0.15) is 23.0 Å². The second kappa shape index (κ2) is 7.71. The molecule has 0 spiro atoms. The van der Waals surface area contributed by atoms with Gasteiger partial charge in [0.25, 0.3) is 0 Å². The molecular formula is C21H29NO5. The van der Waals surface area contributed by atoms with Crippen LogP contribution in [0, 0.1) is 0 Å². The van der Waals surface area contributed by atoms with Crippen LogP contribution in [0.5, 0.6) is 0 Å². The molecule has 0 unspecified atom stereocenters. The predicted octanol–water partition coefficient (Wildman–Crippen LogP) is 4.04. The fourth-order valence-corrected chi connectivity index (χ4v) is 3.02. The monoisotopic (exact) mass is 375 g/mol. The normalized spacial score (nSPS) is 21.0. The minimum atomic E-state index is -1.01. The summed E-state index contributed by atoms with van der Waals surface area (Å²) >= 11 is 0. The summed E-state index contributed by atoms with van der Waals surface area (Å²) in [6.07, 6.45) is -0.556. The fourth-order valence-electron chi connectivity index (χ4n) is 3.02. The Morgan fingerprint density at radius 2 is 1.48 bits per heavy atom. The molecule has 148 valence electrons. The van der Waals surface area contributed by atoms with E-state index in [2.05, 4.69) is 0 Å². The van der Waals surface area contributed by atoms with E-state index in [0.717, 1.165) is 5.56 Å². The zero-order valence-electron chi connectivity index (χ0n) is 16.9. The molecule has 0 aromatic heterocycles. The van der Waals surface area contributed by atoms with Gasteiger partial charge in [-0.3, -0.25) is 9.69 Å². The largest absolute Gasteiger partial charge is 0.458 e. The van der Waals surface area contributed by atoms with Crippen LogP contribution in [0.2, 0.25) is 0 Å². The van der Waals surface area contributed by atoms with Crippen molar-refractivity contribution in [3.05, 3.63) is 35.9 Å². The summed E-state index contributed by atoms with van der Waals surface area (Å²) in [5, 5.41) is 0. The number of ketones is 1. The molecule has 0 N–H and O–H groups in total. The Hall–Kier alpha value is -2.37. The molecule has 1 aromatic rings. The van der Waals surface area contributed by atoms with Crippen LogP contribution in [0.25, 0.3) is 0 Å². The van der Waals surface area contributed by atoms with Crippen LogP contribution in [0.15, 0.2) is 30.3 Å². The quantitative estimate of drug-likeness (QED) is 0.730. The summed E-state index contributed by atoms with van der Waals surface area (Å²) in [5.74, 6) is -0.679. The molecule has 6 nitrogen and oxygen atoms in total. The number of benzene rings is 1. The van der Waals surface area contributed by atoms with Crippen molar-refractivity contribution in [1.29, 1.82) is 0 Å². The van der Waals surface area contributed by atoms with Gasteiger partial charge in [0.05, 0.1) is 6.04 Å². The van der Waals surface area contributed by atoms with Gasteiger partial charge in [-0.15, -0.1) is 0 Å². The van der Waals surface area contributed by atoms with Crippen LogP contribution in [0.3, 0.4) is 0 Å². The molecule has 27 heavy (non-hydrogen) atoms. The number of carbonyl (C=O) groups is 3. The molecule has 2 rings (SSSR count). The Kier molecular flexibility index (Phi) is 5.97. The molecule has 0 radical (unpaired) electrons. The lowest BCUT2D eigenvalue weighted by molar-refractivity contribution is -0.165. The van der Waals surface area contributed by atoms with E-state index in [0.29, 0.717) is 0 Å². The van der Waals surface area contributed by atoms with E-state index < -0.39 is 35.3 Å². The van der Waals surface area contributed by atoms with E-state index in [9.17, 15) is 14.4 Å². The molecule has 0 saturated carbocycles. The van der Waals surface area contributed by atoms with Gasteiger partial charge in [0.15, 0.2) is 0 Å². The van der Waals surface area contributed by atoms with Crippen LogP contribution in [-0.4, -0.2) is 40.0 Å². The van der Waals surface area contributed by atoms with E-state index >= 15 is 0 Å². The molecule has 6 heteroatoms. The van der Waals surface area contributed by atoms with Crippen molar-refractivity contribution >= 4 is 17.8 Å². The number of Topliss-reactive ketones (excluding diaryl/α,β-unsaturated/α-hetero) is 1. The number of esters is 1. The topological polar surface area (TPSA) is 72.9 Å². The minimum absolute atomic E-state index is 0.0719. The lowest BCUT2D eigenvalue weighted by Gasteiger charge is -2.41. The van der Waals surface area contributed by atoms with Gasteiger partial charge < -0.3 is 9.47 Å². The van der Waals surface area contributed by atoms with Gasteiger partial charge in [0.2, 0.25) is 0 Å². The maximum absolute atomic E-state index is 13.0. The second-order valence-corrected chi connectivity index (χ2v) is 8.81. The summed E-state index contributed by atoms with van der Waals surface area (Å²) in [6, 6.07) is 7.64. The maximum Gasteiger partial charge on any atom is 0.411 e. The zero-order valence-corrected chi connectivity index (χ0v) is 16.9. The first-order valence-electron chi connectivity index (χ1n) is 9.18. The summed E-state index contributed by atoms with van der Waals surface area (Å²) in [7, 11) is 0. The average Bonchev–Trinajstić information content (AvgIpc) is 2.51. The Bertz CT molecular complexity index is 700. The number of hydrogen-bond acceptors (Lipinski definition) is 5. The van der Waals surface area contributed by atoms with Crippen molar-refractivity contribution in [3.8, 4) is 0 Å². The van der Waals surface area contributed by atoms with Crippen molar-refractivity contribution in [2.45, 2.75) is 77.7 Å². The van der Waals surface area contributed by atoms with E-state index in [1.165, 1.54) is 4.90 Å². The van der Waals surface area contributed by atoms with Gasteiger partial charge in [0, 0.05) is 12.8 Å². The first-order chi connectivity index (χ1) is 12.4. The van der Waals surface area contributed by atoms with E-state index in [4.69, 9.17) is 9.47 Å². The number of nitrogens with zero attached hydrogens (tertiary/aromatic N) is 1. The average molecular weight is 375 g/mol. The highest BCUT2D eigenvalue weighted by molar-refractivity contribution is 5.92. The van der Waals surface area contributed by atoms with Crippen molar-refractivity contribution in [2.75, 3.05) is 0 Å². The summed E-state index contributed by atoms with van der Waals surface area (Å²) in [5.41, 5.74) is -0.664. The lowest BCUT2D eigenvalue weighted by Crippen LogP contribution is -2.54. The summed E-state index contributed by atoms with van der Waals surface area (Å²) < 4.78 is 11.0. The molecule has 1 fully saturated rings. The number of hydrogen-bond donors (Lipinski definition) is 0. The molecule has 1 aromatic carbocycles. The first kappa shape index (κ1) is 20.9. The molecule has 0 bridgehead atoms. The van der Waals surface area contributed by atoms with E-state index in [1.807, 2.05) is 30.3 Å². The molecule has 1 saturated heterocycles. The summed E-state index contributed by atoms with van der Waals surface area (Å²) in [4.78, 5) is 39.5. The third kappa shape index (κ3) is 5.81. The summed E-state index contributed by atoms with van der Waals surface area (Å²) in [6.45, 7) is 10.5. The Morgan fingerprint density at radius 3 is 2.00 bits per heavy atom. The smallest absolute Gasteiger partial charge is 0.411 e. The maximum atomic E-state index is 13.0. The van der Waals surface area contributed by atoms with Crippen LogP contribution < -0.4 is 0 Å². The van der Waals surface area contributed by atoms with Gasteiger partial charge >= 0.3 is 12.1 Å². The van der Waals surface area contributed by atoms with Gasteiger partial charge in [-0.25, -0.2) is 9.59 Å². The highest BCUT2D eigenvalue weighted by Gasteiger charge is 2.45. The molecule has 1 aliphatic heterocycles. The molecule has 1 aliphatic rings. The molecule has 2 atom stereocenters. The van der Waals surface area contributed by atoms with Crippen LogP contribution in [-0.2, 0) is 19.1 Å². The number of rotatable bonds is 2. The second-order valence-electron chi connectivity index (χ2n) is 8.81. The van der Waals surface area contributed by atoms with Gasteiger partial charge in [-0.05, 0) is 47.1 Å². The minimum Gasteiger partial charge on any atom is -0.458 e. The molecule has 0 aliphatic carbocycles. The Morgan fingerprint density at radius 1 is 0.926 bits per heavy atom. The predicted molar refractivity (Wildman–Crippen MR) is 101 cm³/mol. The Labute approximate surface area is 160 Å². The molecule has 1 heterocycles. The third-order valence-corrected chi connectivity index (χ3v) is 3.98. The standard InChI is InChI=1S/C21H29NO5/c1-20(2,3)26-18(24)17-13-15(23)12-16(14-10-8-7-9-11-14)22(17)19(25)27-21(4,5)6/h7-11,16-17H,12-13H2,1-6H3/t16-,17+/m1/s1. The highest BCUT2D eigenvalue weighted by atomic mass is 16.6. The molecule has 1 amide bonds. The highest BCUT2D eigenvalue weighted by Crippen LogP contribution is 2.35. The van der Waals surface area contributed by atoms with Crippen LogP contribution >= 0.6 is 0 Å². The van der Waals surface area contributed by atoms with Crippen LogP contribution in [0.1, 0.15) is 66.0 Å². The number of likely N-dealkylation sites (tertiary alicyclic amines) is 1. The van der Waals surface area contributed by atoms with E-state index in [-0.39, 0.29) is 18.6 Å². The van der Waals surface area contributed by atoms with Crippen molar-refractivity contribution in [1.82, 2.24) is 4.90 Å². The lowest BCUT2D eigenvalue weighted by atomic mass is 9.90. The van der Waals surface area contributed by atoms with Crippen LogP contribution in [0.4, 0.5) is 4.79 Å². The van der Waals surface area contributed by atoms with Crippen molar-refractivity contribution in [2.24, 2.45) is 0 Å².